The minimum absolute atomic E-state index is 0.278. The molecule has 12 heavy (non-hydrogen) atoms. The summed E-state index contributed by atoms with van der Waals surface area (Å²) < 4.78 is 0.907. The number of nitrogens with zero attached hydrogens (tertiary/aromatic N) is 2. The van der Waals surface area contributed by atoms with Crippen LogP contribution in [0.4, 0.5) is 0 Å². The molecule has 62 valence electrons. The van der Waals surface area contributed by atoms with E-state index in [1.165, 1.54) is 0 Å². The van der Waals surface area contributed by atoms with E-state index >= 15 is 0 Å². The fourth-order valence-corrected chi connectivity index (χ4v) is 1.70. The largest absolute Gasteiger partial charge is 0.357 e. The Kier molecular flexibility index (Phi) is 1.81. The van der Waals surface area contributed by atoms with Crippen LogP contribution >= 0.6 is 27.5 Å². The van der Waals surface area contributed by atoms with Gasteiger partial charge in [-0.3, -0.25) is 0 Å². The molecule has 2 aromatic heterocycles. The number of nitrogens with one attached hydrogen (secondary N) is 1. The zero-order valence-corrected chi connectivity index (χ0v) is 8.57. The third-order valence-electron chi connectivity index (χ3n) is 1.63. The van der Waals surface area contributed by atoms with E-state index in [0.29, 0.717) is 0 Å². The Morgan fingerprint density at radius 1 is 1.50 bits per heavy atom. The molecule has 0 aliphatic carbocycles. The van der Waals surface area contributed by atoms with Gasteiger partial charge in [-0.2, -0.15) is 0 Å². The Balaban J connectivity index is 2.92. The molecule has 2 aromatic rings. The maximum absolute atomic E-state index is 5.70. The van der Waals surface area contributed by atoms with Gasteiger partial charge in [-0.15, -0.1) is 0 Å². The number of aromatic amines is 1. The molecule has 0 atom stereocenters. The van der Waals surface area contributed by atoms with Crippen molar-refractivity contribution < 1.29 is 0 Å². The molecule has 0 unspecified atom stereocenters. The van der Waals surface area contributed by atoms with Crippen molar-refractivity contribution in [3.8, 4) is 0 Å². The van der Waals surface area contributed by atoms with Gasteiger partial charge in [-0.25, -0.2) is 9.97 Å². The third kappa shape index (κ3) is 1.11. The van der Waals surface area contributed by atoms with E-state index in [4.69, 9.17) is 11.6 Å². The summed E-state index contributed by atoms with van der Waals surface area (Å²) in [6, 6.07) is 0. The molecule has 0 saturated carbocycles. The second-order valence-corrected chi connectivity index (χ2v) is 3.63. The van der Waals surface area contributed by atoms with E-state index in [0.717, 1.165) is 21.2 Å². The Morgan fingerprint density at radius 2 is 2.25 bits per heavy atom. The Hall–Kier alpha value is -0.610. The van der Waals surface area contributed by atoms with Crippen molar-refractivity contribution in [2.24, 2.45) is 0 Å². The molecule has 0 radical (unpaired) electrons. The fourth-order valence-electron chi connectivity index (χ4n) is 1.09. The summed E-state index contributed by atoms with van der Waals surface area (Å²) >= 11 is 9.05. The second kappa shape index (κ2) is 2.71. The summed E-state index contributed by atoms with van der Waals surface area (Å²) in [6.45, 7) is 1.89. The predicted molar refractivity (Wildman–Crippen MR) is 51.3 cm³/mol. The summed E-state index contributed by atoms with van der Waals surface area (Å²) in [5.74, 6) is 0. The van der Waals surface area contributed by atoms with Gasteiger partial charge in [0, 0.05) is 6.20 Å². The van der Waals surface area contributed by atoms with Crippen LogP contribution in [0.15, 0.2) is 10.7 Å². The molecule has 0 fully saturated rings. The smallest absolute Gasteiger partial charge is 0.223 e. The first-order valence-electron chi connectivity index (χ1n) is 3.35. The lowest BCUT2D eigenvalue weighted by molar-refractivity contribution is 1.14. The quantitative estimate of drug-likeness (QED) is 0.726. The van der Waals surface area contributed by atoms with Crippen molar-refractivity contribution in [3.05, 3.63) is 21.6 Å². The van der Waals surface area contributed by atoms with E-state index in [9.17, 15) is 0 Å². The number of hydrogen-bond donors (Lipinski definition) is 1. The van der Waals surface area contributed by atoms with Crippen molar-refractivity contribution in [1.29, 1.82) is 0 Å². The van der Waals surface area contributed by atoms with Crippen LogP contribution in [0.1, 0.15) is 5.69 Å². The lowest BCUT2D eigenvalue weighted by Crippen LogP contribution is -1.87. The zero-order valence-electron chi connectivity index (χ0n) is 6.23. The van der Waals surface area contributed by atoms with E-state index in [-0.39, 0.29) is 5.28 Å². The van der Waals surface area contributed by atoms with Crippen LogP contribution in [0, 0.1) is 6.92 Å². The van der Waals surface area contributed by atoms with Gasteiger partial charge < -0.3 is 4.98 Å². The molecule has 0 saturated heterocycles. The number of aryl methyl sites for hydroxylation is 1. The van der Waals surface area contributed by atoms with E-state index in [1.54, 1.807) is 0 Å². The topological polar surface area (TPSA) is 41.6 Å². The number of rotatable bonds is 0. The van der Waals surface area contributed by atoms with E-state index < -0.39 is 0 Å². The van der Waals surface area contributed by atoms with Crippen LogP contribution in [0.25, 0.3) is 11.0 Å². The van der Waals surface area contributed by atoms with Crippen molar-refractivity contribution >= 4 is 38.6 Å². The van der Waals surface area contributed by atoms with Crippen molar-refractivity contribution in [2.75, 3.05) is 0 Å². The van der Waals surface area contributed by atoms with Crippen LogP contribution in [0.2, 0.25) is 5.28 Å². The Labute approximate surface area is 82.3 Å². The SMILES string of the molecule is Cc1nc(Cl)nc2c(Br)c[nH]c12. The van der Waals surface area contributed by atoms with Gasteiger partial charge in [0.25, 0.3) is 0 Å². The number of H-pyrrole nitrogens is 1. The minimum Gasteiger partial charge on any atom is -0.357 e. The maximum Gasteiger partial charge on any atom is 0.223 e. The Morgan fingerprint density at radius 3 is 3.00 bits per heavy atom. The summed E-state index contributed by atoms with van der Waals surface area (Å²) in [5, 5.41) is 0.278. The molecular weight excluding hydrogens is 241 g/mol. The van der Waals surface area contributed by atoms with Gasteiger partial charge in [0.15, 0.2) is 0 Å². The lowest BCUT2D eigenvalue weighted by atomic mass is 10.3. The fraction of sp³-hybridized carbons (Fsp3) is 0.143. The first-order valence-corrected chi connectivity index (χ1v) is 4.52. The zero-order chi connectivity index (χ0) is 8.72. The van der Waals surface area contributed by atoms with Crippen molar-refractivity contribution in [3.63, 3.8) is 0 Å². The predicted octanol–water partition coefficient (Wildman–Crippen LogP) is 2.68. The highest BCUT2D eigenvalue weighted by atomic mass is 79.9. The van der Waals surface area contributed by atoms with Crippen LogP contribution in [-0.4, -0.2) is 15.0 Å². The molecule has 0 bridgehead atoms. The number of fused-ring (bicyclic) bond motifs is 1. The first kappa shape index (κ1) is 8.01. The summed E-state index contributed by atoms with van der Waals surface area (Å²) in [6.07, 6.45) is 1.82. The van der Waals surface area contributed by atoms with Gasteiger partial charge in [-0.05, 0) is 34.5 Å². The van der Waals surface area contributed by atoms with Gasteiger partial charge in [0.2, 0.25) is 5.28 Å². The van der Waals surface area contributed by atoms with Crippen LogP contribution in [-0.2, 0) is 0 Å². The highest BCUT2D eigenvalue weighted by molar-refractivity contribution is 9.10. The van der Waals surface area contributed by atoms with E-state index in [2.05, 4.69) is 30.9 Å². The average molecular weight is 246 g/mol. The van der Waals surface area contributed by atoms with Gasteiger partial charge >= 0.3 is 0 Å². The number of halogens is 2. The van der Waals surface area contributed by atoms with Crippen molar-refractivity contribution in [1.82, 2.24) is 15.0 Å². The molecule has 3 nitrogen and oxygen atoms in total. The summed E-state index contributed by atoms with van der Waals surface area (Å²) in [5.41, 5.74) is 2.61. The normalized spacial score (nSPS) is 10.9. The van der Waals surface area contributed by atoms with Gasteiger partial charge in [0.05, 0.1) is 15.7 Å². The summed E-state index contributed by atoms with van der Waals surface area (Å²) in [7, 11) is 0. The van der Waals surface area contributed by atoms with Crippen LogP contribution in [0.3, 0.4) is 0 Å². The molecule has 1 N–H and O–H groups in total. The first-order chi connectivity index (χ1) is 5.68. The Bertz CT molecular complexity index is 437. The van der Waals surface area contributed by atoms with E-state index in [1.807, 2.05) is 13.1 Å². The highest BCUT2D eigenvalue weighted by Crippen LogP contribution is 2.23. The molecule has 2 rings (SSSR count). The third-order valence-corrected chi connectivity index (χ3v) is 2.41. The van der Waals surface area contributed by atoms with Crippen LogP contribution < -0.4 is 0 Å². The molecule has 0 aliphatic heterocycles. The minimum atomic E-state index is 0.278. The van der Waals surface area contributed by atoms with Gasteiger partial charge in [-0.1, -0.05) is 0 Å². The monoisotopic (exact) mass is 245 g/mol. The summed E-state index contributed by atoms with van der Waals surface area (Å²) in [4.78, 5) is 11.1. The molecule has 0 aromatic carbocycles. The average Bonchev–Trinajstić information content (AvgIpc) is 2.33. The molecule has 5 heteroatoms. The molecular formula is C7H5BrClN3. The molecule has 0 spiro atoms. The standard InChI is InChI=1S/C7H5BrClN3/c1-3-5-6(4(8)2-10-5)12-7(9)11-3/h2,10H,1H3. The maximum atomic E-state index is 5.70. The van der Waals surface area contributed by atoms with Crippen LogP contribution in [0.5, 0.6) is 0 Å². The van der Waals surface area contributed by atoms with Crippen molar-refractivity contribution in [2.45, 2.75) is 6.92 Å². The molecule has 2 heterocycles. The highest BCUT2D eigenvalue weighted by Gasteiger charge is 2.06. The molecule has 0 amide bonds. The lowest BCUT2D eigenvalue weighted by Gasteiger charge is -1.95. The second-order valence-electron chi connectivity index (χ2n) is 2.44. The van der Waals surface area contributed by atoms with Gasteiger partial charge in [0.1, 0.15) is 5.52 Å². The number of hydrogen-bond acceptors (Lipinski definition) is 2. The molecule has 0 aliphatic rings. The number of aromatic nitrogens is 3.